The van der Waals surface area contributed by atoms with Crippen LogP contribution in [0.15, 0.2) is 48.5 Å². The van der Waals surface area contributed by atoms with Crippen molar-refractivity contribution in [3.8, 4) is 5.75 Å². The molecule has 1 heterocycles. The number of fused-ring (bicyclic) bond motifs is 1. The van der Waals surface area contributed by atoms with Crippen molar-refractivity contribution < 1.29 is 19.1 Å². The van der Waals surface area contributed by atoms with Gasteiger partial charge in [0.15, 0.2) is 6.10 Å². The monoisotopic (exact) mass is 491 g/mol. The molecule has 0 bridgehead atoms. The Morgan fingerprint density at radius 2 is 1.80 bits per heavy atom. The molecular weight excluding hydrogens is 462 g/mol. The molecule has 1 aromatic heterocycles. The number of hydrogen-bond donors (Lipinski definition) is 3. The van der Waals surface area contributed by atoms with E-state index < -0.39 is 12.0 Å². The minimum atomic E-state index is -0.729. The third-order valence-electron chi connectivity index (χ3n) is 6.19. The van der Waals surface area contributed by atoms with Crippen LogP contribution < -0.4 is 21.1 Å². The van der Waals surface area contributed by atoms with Gasteiger partial charge in [0.25, 0.3) is 17.7 Å². The molecule has 1 aliphatic rings. The van der Waals surface area contributed by atoms with E-state index in [0.29, 0.717) is 27.8 Å². The summed E-state index contributed by atoms with van der Waals surface area (Å²) in [6.07, 6.45) is 1.95. The number of anilines is 2. The molecule has 0 fully saturated rings. The van der Waals surface area contributed by atoms with Gasteiger partial charge in [0, 0.05) is 16.1 Å². The molecule has 3 aromatic rings. The lowest BCUT2D eigenvalue weighted by Crippen LogP contribution is -2.30. The summed E-state index contributed by atoms with van der Waals surface area (Å²) in [7, 11) is 0. The van der Waals surface area contributed by atoms with Gasteiger partial charge in [0.05, 0.1) is 5.56 Å². The number of ether oxygens (including phenoxy) is 1. The standard InChI is InChI=1S/C27H29N3O4S/c1-15-8-13-20-22(14-15)35-27(23(20)24(28)31)30-26(33)18-9-11-19(12-10-18)34-17(3)25(32)29-21-7-5-4-6-16(21)2/h4-7,9-12,15,17H,8,13-14H2,1-3H3,(H2,28,31)(H,29,32)(H,30,33)/t15-,17-/m1/s1. The highest BCUT2D eigenvalue weighted by Gasteiger charge is 2.27. The van der Waals surface area contributed by atoms with E-state index in [1.54, 1.807) is 31.2 Å². The van der Waals surface area contributed by atoms with Gasteiger partial charge >= 0.3 is 0 Å². The second-order valence-corrected chi connectivity index (χ2v) is 10.1. The van der Waals surface area contributed by atoms with Gasteiger partial charge in [-0.25, -0.2) is 0 Å². The SMILES string of the molecule is Cc1ccccc1NC(=O)[C@@H](C)Oc1ccc(C(=O)Nc2sc3c(c2C(N)=O)CC[C@@H](C)C3)cc1. The minimum absolute atomic E-state index is 0.268. The van der Waals surface area contributed by atoms with Crippen molar-refractivity contribution in [1.29, 1.82) is 0 Å². The fraction of sp³-hybridized carbons (Fsp3) is 0.296. The van der Waals surface area contributed by atoms with Crippen molar-refractivity contribution in [2.75, 3.05) is 10.6 Å². The maximum Gasteiger partial charge on any atom is 0.265 e. The smallest absolute Gasteiger partial charge is 0.265 e. The summed E-state index contributed by atoms with van der Waals surface area (Å²) in [6, 6.07) is 14.0. The summed E-state index contributed by atoms with van der Waals surface area (Å²) in [4.78, 5) is 38.6. The molecule has 0 saturated heterocycles. The van der Waals surface area contributed by atoms with E-state index in [2.05, 4.69) is 17.6 Å². The van der Waals surface area contributed by atoms with Crippen LogP contribution in [0.4, 0.5) is 10.7 Å². The Balaban J connectivity index is 1.41. The maximum absolute atomic E-state index is 12.9. The molecule has 0 spiro atoms. The summed E-state index contributed by atoms with van der Waals surface area (Å²) < 4.78 is 5.75. The Kier molecular flexibility index (Phi) is 7.21. The predicted molar refractivity (Wildman–Crippen MR) is 138 cm³/mol. The van der Waals surface area contributed by atoms with E-state index in [1.165, 1.54) is 11.3 Å². The lowest BCUT2D eigenvalue weighted by molar-refractivity contribution is -0.122. The van der Waals surface area contributed by atoms with Gasteiger partial charge in [-0.3, -0.25) is 14.4 Å². The van der Waals surface area contributed by atoms with Crippen molar-refractivity contribution >= 4 is 39.7 Å². The molecule has 8 heteroatoms. The van der Waals surface area contributed by atoms with E-state index in [4.69, 9.17) is 10.5 Å². The summed E-state index contributed by atoms with van der Waals surface area (Å²) in [5.41, 5.74) is 9.15. The van der Waals surface area contributed by atoms with E-state index in [9.17, 15) is 14.4 Å². The quantitative estimate of drug-likeness (QED) is 0.435. The third kappa shape index (κ3) is 5.54. The van der Waals surface area contributed by atoms with Crippen LogP contribution >= 0.6 is 11.3 Å². The Morgan fingerprint density at radius 1 is 1.09 bits per heavy atom. The molecule has 1 aliphatic carbocycles. The summed E-state index contributed by atoms with van der Waals surface area (Å²) in [5.74, 6) is -0.118. The lowest BCUT2D eigenvalue weighted by atomic mass is 9.88. The fourth-order valence-electron chi connectivity index (χ4n) is 4.16. The van der Waals surface area contributed by atoms with Gasteiger partial charge < -0.3 is 21.1 Å². The van der Waals surface area contributed by atoms with Crippen molar-refractivity contribution in [3.05, 3.63) is 75.7 Å². The molecule has 0 aliphatic heterocycles. The van der Waals surface area contributed by atoms with Gasteiger partial charge in [-0.2, -0.15) is 0 Å². The molecule has 0 unspecified atom stereocenters. The van der Waals surface area contributed by atoms with Crippen LogP contribution in [-0.2, 0) is 17.6 Å². The number of rotatable bonds is 7. The first-order valence-corrected chi connectivity index (χ1v) is 12.4. The average Bonchev–Trinajstić information content (AvgIpc) is 3.17. The first-order valence-electron chi connectivity index (χ1n) is 11.6. The Hall–Kier alpha value is -3.65. The van der Waals surface area contributed by atoms with E-state index in [0.717, 1.165) is 41.0 Å². The van der Waals surface area contributed by atoms with E-state index >= 15 is 0 Å². The number of carbonyl (C=O) groups is 3. The summed E-state index contributed by atoms with van der Waals surface area (Å²) in [5, 5.41) is 6.23. The second kappa shape index (κ2) is 10.3. The summed E-state index contributed by atoms with van der Waals surface area (Å²) in [6.45, 7) is 5.77. The Bertz CT molecular complexity index is 1270. The molecule has 4 rings (SSSR count). The number of hydrogen-bond acceptors (Lipinski definition) is 5. The highest BCUT2D eigenvalue weighted by atomic mass is 32.1. The zero-order valence-corrected chi connectivity index (χ0v) is 20.8. The van der Waals surface area contributed by atoms with Crippen LogP contribution in [0.2, 0.25) is 0 Å². The number of aryl methyl sites for hydroxylation is 1. The molecular formula is C27H29N3O4S. The molecule has 35 heavy (non-hydrogen) atoms. The molecule has 4 N–H and O–H groups in total. The fourth-order valence-corrected chi connectivity index (χ4v) is 5.58. The second-order valence-electron chi connectivity index (χ2n) is 8.96. The van der Waals surface area contributed by atoms with Crippen LogP contribution in [-0.4, -0.2) is 23.8 Å². The third-order valence-corrected chi connectivity index (χ3v) is 7.36. The van der Waals surface area contributed by atoms with Gasteiger partial charge in [-0.05, 0) is 80.5 Å². The predicted octanol–water partition coefficient (Wildman–Crippen LogP) is 4.94. The number of carbonyl (C=O) groups excluding carboxylic acids is 3. The minimum Gasteiger partial charge on any atom is -0.481 e. The Labute approximate surface area is 208 Å². The maximum atomic E-state index is 12.9. The lowest BCUT2D eigenvalue weighted by Gasteiger charge is -2.18. The van der Waals surface area contributed by atoms with Crippen molar-refractivity contribution in [2.45, 2.75) is 46.1 Å². The van der Waals surface area contributed by atoms with Gasteiger partial charge in [-0.1, -0.05) is 25.1 Å². The van der Waals surface area contributed by atoms with Gasteiger partial charge in [0.2, 0.25) is 0 Å². The highest BCUT2D eigenvalue weighted by molar-refractivity contribution is 7.17. The van der Waals surface area contributed by atoms with Crippen molar-refractivity contribution in [2.24, 2.45) is 11.7 Å². The average molecular weight is 492 g/mol. The van der Waals surface area contributed by atoms with Crippen LogP contribution in [0.1, 0.15) is 57.0 Å². The van der Waals surface area contributed by atoms with E-state index in [1.807, 2.05) is 31.2 Å². The van der Waals surface area contributed by atoms with Gasteiger partial charge in [0.1, 0.15) is 10.8 Å². The van der Waals surface area contributed by atoms with Crippen LogP contribution in [0.25, 0.3) is 0 Å². The number of nitrogens with one attached hydrogen (secondary N) is 2. The normalized spacial score (nSPS) is 15.6. The number of nitrogens with two attached hydrogens (primary N) is 1. The largest absolute Gasteiger partial charge is 0.481 e. The van der Waals surface area contributed by atoms with E-state index in [-0.39, 0.29) is 11.8 Å². The van der Waals surface area contributed by atoms with Crippen LogP contribution in [0.5, 0.6) is 5.75 Å². The van der Waals surface area contributed by atoms with Crippen molar-refractivity contribution in [3.63, 3.8) is 0 Å². The molecule has 182 valence electrons. The molecule has 2 atom stereocenters. The number of amides is 3. The number of thiophene rings is 1. The zero-order chi connectivity index (χ0) is 25.1. The highest BCUT2D eigenvalue weighted by Crippen LogP contribution is 2.39. The molecule has 0 radical (unpaired) electrons. The Morgan fingerprint density at radius 3 is 2.49 bits per heavy atom. The van der Waals surface area contributed by atoms with Crippen LogP contribution in [0.3, 0.4) is 0 Å². The zero-order valence-electron chi connectivity index (χ0n) is 20.0. The molecule has 0 saturated carbocycles. The van der Waals surface area contributed by atoms with Crippen LogP contribution in [0, 0.1) is 12.8 Å². The first kappa shape index (κ1) is 24.5. The number of benzene rings is 2. The molecule has 7 nitrogen and oxygen atoms in total. The summed E-state index contributed by atoms with van der Waals surface area (Å²) >= 11 is 1.43. The van der Waals surface area contributed by atoms with Gasteiger partial charge in [-0.15, -0.1) is 11.3 Å². The molecule has 2 aromatic carbocycles. The van der Waals surface area contributed by atoms with Crippen molar-refractivity contribution in [1.82, 2.24) is 0 Å². The topological polar surface area (TPSA) is 111 Å². The number of primary amides is 1. The first-order chi connectivity index (χ1) is 16.7. The molecule has 3 amide bonds. The number of para-hydroxylation sites is 1.